The lowest BCUT2D eigenvalue weighted by Crippen LogP contribution is -2.29. The van der Waals surface area contributed by atoms with Gasteiger partial charge in [0.2, 0.25) is 11.8 Å². The highest BCUT2D eigenvalue weighted by molar-refractivity contribution is 6.33. The Bertz CT molecular complexity index is 500. The maximum atomic E-state index is 11.3. The van der Waals surface area contributed by atoms with Crippen LogP contribution >= 0.6 is 11.6 Å². The molecule has 6 heteroatoms. The molecule has 0 bridgehead atoms. The summed E-state index contributed by atoms with van der Waals surface area (Å²) in [6.45, 7) is 3.78. The Morgan fingerprint density at radius 1 is 1.32 bits per heavy atom. The van der Waals surface area contributed by atoms with Gasteiger partial charge in [-0.15, -0.1) is 6.58 Å². The number of nitrogens with zero attached hydrogens (tertiary/aromatic N) is 1. The van der Waals surface area contributed by atoms with Crippen molar-refractivity contribution in [2.24, 2.45) is 5.10 Å². The average molecular weight is 280 g/mol. The Hall–Kier alpha value is -2.14. The van der Waals surface area contributed by atoms with Gasteiger partial charge in [0.05, 0.1) is 6.21 Å². The van der Waals surface area contributed by atoms with Crippen molar-refractivity contribution < 1.29 is 9.59 Å². The van der Waals surface area contributed by atoms with E-state index >= 15 is 0 Å². The van der Waals surface area contributed by atoms with Gasteiger partial charge in [-0.05, 0) is 6.07 Å². The maximum absolute atomic E-state index is 11.3. The monoisotopic (exact) mass is 279 g/mol. The topological polar surface area (TPSA) is 70.6 Å². The van der Waals surface area contributed by atoms with Gasteiger partial charge in [-0.1, -0.05) is 35.9 Å². The molecule has 1 rings (SSSR count). The molecule has 5 nitrogen and oxygen atoms in total. The first-order valence-electron chi connectivity index (χ1n) is 5.57. The summed E-state index contributed by atoms with van der Waals surface area (Å²) in [5.74, 6) is -0.879. The molecule has 0 saturated heterocycles. The van der Waals surface area contributed by atoms with E-state index in [9.17, 15) is 9.59 Å². The van der Waals surface area contributed by atoms with Crippen molar-refractivity contribution in [3.05, 3.63) is 47.5 Å². The number of nitrogens with one attached hydrogen (secondary N) is 2. The third kappa shape index (κ3) is 5.83. The van der Waals surface area contributed by atoms with Gasteiger partial charge in [-0.25, -0.2) is 5.43 Å². The van der Waals surface area contributed by atoms with Crippen molar-refractivity contribution in [1.29, 1.82) is 0 Å². The second-order valence-electron chi connectivity index (χ2n) is 3.58. The fourth-order valence-electron chi connectivity index (χ4n) is 1.19. The summed E-state index contributed by atoms with van der Waals surface area (Å²) in [7, 11) is 0. The van der Waals surface area contributed by atoms with Crippen LogP contribution in [-0.4, -0.2) is 24.6 Å². The van der Waals surface area contributed by atoms with Crippen LogP contribution in [0.4, 0.5) is 0 Å². The summed E-state index contributed by atoms with van der Waals surface area (Å²) in [6, 6.07) is 7.07. The summed E-state index contributed by atoms with van der Waals surface area (Å²) in [4.78, 5) is 22.6. The quantitative estimate of drug-likeness (QED) is 0.358. The molecule has 0 aliphatic heterocycles. The molecular formula is C13H14ClN3O2. The third-order valence-corrected chi connectivity index (χ3v) is 2.41. The number of benzene rings is 1. The normalized spacial score (nSPS) is 10.2. The molecule has 0 aliphatic rings. The molecule has 2 amide bonds. The van der Waals surface area contributed by atoms with E-state index < -0.39 is 5.91 Å². The molecule has 0 aromatic heterocycles. The zero-order chi connectivity index (χ0) is 14.1. The molecule has 1 aromatic rings. The summed E-state index contributed by atoms with van der Waals surface area (Å²) in [5, 5.41) is 6.75. The highest BCUT2D eigenvalue weighted by Crippen LogP contribution is 2.11. The average Bonchev–Trinajstić information content (AvgIpc) is 2.38. The zero-order valence-corrected chi connectivity index (χ0v) is 11.0. The number of rotatable bonds is 6. The molecule has 0 spiro atoms. The van der Waals surface area contributed by atoms with E-state index in [4.69, 9.17) is 11.6 Å². The van der Waals surface area contributed by atoms with Crippen molar-refractivity contribution in [3.8, 4) is 0 Å². The number of hydrogen-bond donors (Lipinski definition) is 2. The molecule has 0 saturated carbocycles. The molecule has 0 unspecified atom stereocenters. The number of carbonyl (C=O) groups is 2. The first-order valence-corrected chi connectivity index (χ1v) is 5.95. The second kappa shape index (κ2) is 8.05. The molecule has 19 heavy (non-hydrogen) atoms. The second-order valence-corrected chi connectivity index (χ2v) is 3.99. The highest BCUT2D eigenvalue weighted by atomic mass is 35.5. The fraction of sp³-hybridized carbons (Fsp3) is 0.154. The van der Waals surface area contributed by atoms with Crippen molar-refractivity contribution >= 4 is 29.6 Å². The fourth-order valence-corrected chi connectivity index (χ4v) is 1.37. The van der Waals surface area contributed by atoms with Crippen molar-refractivity contribution in [3.63, 3.8) is 0 Å². The first-order chi connectivity index (χ1) is 9.13. The van der Waals surface area contributed by atoms with Crippen LogP contribution in [0.3, 0.4) is 0 Å². The number of halogens is 1. The lowest BCUT2D eigenvalue weighted by molar-refractivity contribution is -0.129. The molecule has 100 valence electrons. The lowest BCUT2D eigenvalue weighted by Gasteiger charge is -2.01. The zero-order valence-electron chi connectivity index (χ0n) is 10.2. The predicted molar refractivity (Wildman–Crippen MR) is 75.0 cm³/mol. The summed E-state index contributed by atoms with van der Waals surface area (Å²) in [5.41, 5.74) is 2.93. The van der Waals surface area contributed by atoms with E-state index in [1.807, 2.05) is 0 Å². The molecular weight excluding hydrogens is 266 g/mol. The Morgan fingerprint density at radius 2 is 2.05 bits per heavy atom. The summed E-state index contributed by atoms with van der Waals surface area (Å²) >= 11 is 5.90. The maximum Gasteiger partial charge on any atom is 0.249 e. The van der Waals surface area contributed by atoms with Crippen molar-refractivity contribution in [2.75, 3.05) is 6.54 Å². The summed E-state index contributed by atoms with van der Waals surface area (Å²) in [6.07, 6.45) is 2.67. The summed E-state index contributed by atoms with van der Waals surface area (Å²) < 4.78 is 0. The van der Waals surface area contributed by atoms with Gasteiger partial charge in [0.1, 0.15) is 6.42 Å². The van der Waals surface area contributed by atoms with Crippen LogP contribution in [0, 0.1) is 0 Å². The van der Waals surface area contributed by atoms with Crippen LogP contribution in [0.2, 0.25) is 5.02 Å². The predicted octanol–water partition coefficient (Wildman–Crippen LogP) is 1.48. The number of amides is 2. The van der Waals surface area contributed by atoms with Crippen LogP contribution in [0.5, 0.6) is 0 Å². The van der Waals surface area contributed by atoms with Crippen LogP contribution < -0.4 is 10.7 Å². The Labute approximate surface area is 116 Å². The minimum absolute atomic E-state index is 0.284. The van der Waals surface area contributed by atoms with Gasteiger partial charge in [-0.3, -0.25) is 9.59 Å². The molecule has 0 radical (unpaired) electrons. The van der Waals surface area contributed by atoms with Gasteiger partial charge >= 0.3 is 0 Å². The molecule has 0 aliphatic carbocycles. The van der Waals surface area contributed by atoms with Crippen LogP contribution in [0.15, 0.2) is 42.0 Å². The first kappa shape index (κ1) is 14.9. The van der Waals surface area contributed by atoms with Gasteiger partial charge in [0.15, 0.2) is 0 Å². The smallest absolute Gasteiger partial charge is 0.249 e. The Morgan fingerprint density at radius 3 is 2.74 bits per heavy atom. The van der Waals surface area contributed by atoms with Gasteiger partial charge in [0.25, 0.3) is 0 Å². The van der Waals surface area contributed by atoms with Gasteiger partial charge < -0.3 is 5.32 Å². The van der Waals surface area contributed by atoms with Crippen LogP contribution in [-0.2, 0) is 9.59 Å². The van der Waals surface area contributed by atoms with Gasteiger partial charge in [-0.2, -0.15) is 5.10 Å². The van der Waals surface area contributed by atoms with E-state index in [0.717, 1.165) is 0 Å². The van der Waals surface area contributed by atoms with E-state index in [0.29, 0.717) is 17.1 Å². The molecule has 2 N–H and O–H groups in total. The largest absolute Gasteiger partial charge is 0.352 e. The van der Waals surface area contributed by atoms with Crippen molar-refractivity contribution in [2.45, 2.75) is 6.42 Å². The number of hydrazone groups is 1. The molecule has 0 heterocycles. The number of carbonyl (C=O) groups excluding carboxylic acids is 2. The van der Waals surface area contributed by atoms with E-state index in [-0.39, 0.29) is 12.3 Å². The lowest BCUT2D eigenvalue weighted by atomic mass is 10.2. The molecule has 1 aromatic carbocycles. The highest BCUT2D eigenvalue weighted by Gasteiger charge is 2.06. The van der Waals surface area contributed by atoms with Gasteiger partial charge in [0, 0.05) is 17.1 Å². The minimum Gasteiger partial charge on any atom is -0.352 e. The Kier molecular flexibility index (Phi) is 6.32. The SMILES string of the molecule is C=CCNC(=O)CC(=O)N/N=C/c1ccccc1Cl. The number of hydrogen-bond acceptors (Lipinski definition) is 3. The molecule has 0 atom stereocenters. The standard InChI is InChI=1S/C13H14ClN3O2/c1-2-7-15-12(18)8-13(19)17-16-9-10-5-3-4-6-11(10)14/h2-6,9H,1,7-8H2,(H,15,18)(H,17,19)/b16-9+. The van der Waals surface area contributed by atoms with E-state index in [1.165, 1.54) is 12.3 Å². The van der Waals surface area contributed by atoms with Crippen molar-refractivity contribution in [1.82, 2.24) is 10.7 Å². The van der Waals surface area contributed by atoms with Crippen LogP contribution in [0.25, 0.3) is 0 Å². The third-order valence-electron chi connectivity index (χ3n) is 2.06. The minimum atomic E-state index is -0.495. The van der Waals surface area contributed by atoms with E-state index in [1.54, 1.807) is 24.3 Å². The Balaban J connectivity index is 2.40. The molecule has 0 fully saturated rings. The van der Waals surface area contributed by atoms with E-state index in [2.05, 4.69) is 22.4 Å². The van der Waals surface area contributed by atoms with Crippen LogP contribution in [0.1, 0.15) is 12.0 Å².